The summed E-state index contributed by atoms with van der Waals surface area (Å²) in [6.07, 6.45) is 30.8. The third-order valence-corrected chi connectivity index (χ3v) is 12.2. The van der Waals surface area contributed by atoms with Crippen molar-refractivity contribution in [2.45, 2.75) is 229 Å². The molecular weight excluding hydrogens is 601 g/mol. The minimum atomic E-state index is -0.0727. The maximum absolute atomic E-state index is 9.45. The van der Waals surface area contributed by atoms with Crippen molar-refractivity contribution in [3.8, 4) is 0 Å². The van der Waals surface area contributed by atoms with Gasteiger partial charge in [-0.3, -0.25) is 0 Å². The van der Waals surface area contributed by atoms with E-state index < -0.39 is 0 Å². The minimum absolute atomic E-state index is 0.0707. The van der Waals surface area contributed by atoms with E-state index in [1.54, 1.807) is 0 Å². The molecule has 1 N–H and O–H groups in total. The first-order valence-electron chi connectivity index (χ1n) is 22.3. The van der Waals surface area contributed by atoms with Gasteiger partial charge in [-0.15, -0.1) is 0 Å². The second-order valence-electron chi connectivity index (χ2n) is 18.9. The average Bonchev–Trinajstić information content (AvgIpc) is 3.49. The Kier molecular flexibility index (Phi) is 28.1. The van der Waals surface area contributed by atoms with E-state index in [9.17, 15) is 5.11 Å². The van der Waals surface area contributed by atoms with E-state index in [0.29, 0.717) is 18.9 Å². The first-order chi connectivity index (χ1) is 23.4. The number of aliphatic hydroxyl groups is 1. The molecular formula is C46H92O3. The second-order valence-corrected chi connectivity index (χ2v) is 18.9. The fourth-order valence-corrected chi connectivity index (χ4v) is 8.30. The molecule has 0 aliphatic carbocycles. The third kappa shape index (κ3) is 26.3. The molecule has 0 amide bonds. The molecule has 0 saturated carbocycles. The maximum Gasteiger partial charge on any atom is 0.160 e. The van der Waals surface area contributed by atoms with Gasteiger partial charge in [-0.1, -0.05) is 198 Å². The van der Waals surface area contributed by atoms with Gasteiger partial charge in [0.15, 0.2) is 6.29 Å². The van der Waals surface area contributed by atoms with Crippen LogP contribution in [0.2, 0.25) is 0 Å². The Morgan fingerprint density at radius 2 is 0.735 bits per heavy atom. The van der Waals surface area contributed by atoms with Crippen LogP contribution >= 0.6 is 0 Å². The number of aliphatic hydroxyl groups excluding tert-OH is 1. The summed E-state index contributed by atoms with van der Waals surface area (Å²) in [5.74, 6) is 7.25. The van der Waals surface area contributed by atoms with Crippen molar-refractivity contribution >= 4 is 0 Å². The van der Waals surface area contributed by atoms with E-state index in [-0.39, 0.29) is 19.0 Å². The summed E-state index contributed by atoms with van der Waals surface area (Å²) in [4.78, 5) is 0. The first kappa shape index (κ1) is 46.9. The Hall–Kier alpha value is -0.120. The number of rotatable bonds is 33. The third-order valence-electron chi connectivity index (χ3n) is 12.2. The van der Waals surface area contributed by atoms with Crippen LogP contribution in [-0.4, -0.2) is 30.7 Å². The number of hydrogen-bond acceptors (Lipinski definition) is 3. The van der Waals surface area contributed by atoms with Gasteiger partial charge in [0.1, 0.15) is 0 Å². The lowest BCUT2D eigenvalue weighted by atomic mass is 9.86. The summed E-state index contributed by atoms with van der Waals surface area (Å²) >= 11 is 0. The molecule has 8 atom stereocenters. The molecule has 1 aliphatic rings. The lowest BCUT2D eigenvalue weighted by molar-refractivity contribution is -0.104. The van der Waals surface area contributed by atoms with Gasteiger partial charge in [-0.2, -0.15) is 0 Å². The van der Waals surface area contributed by atoms with Crippen LogP contribution in [0.1, 0.15) is 217 Å². The molecule has 1 rings (SSSR count). The lowest BCUT2D eigenvalue weighted by Gasteiger charge is -2.26. The van der Waals surface area contributed by atoms with Crippen molar-refractivity contribution in [2.75, 3.05) is 13.2 Å². The molecule has 49 heavy (non-hydrogen) atoms. The summed E-state index contributed by atoms with van der Waals surface area (Å²) < 4.78 is 12.6. The van der Waals surface area contributed by atoms with E-state index in [0.717, 1.165) is 47.3 Å². The van der Waals surface area contributed by atoms with E-state index >= 15 is 0 Å². The molecule has 3 heteroatoms. The molecule has 8 unspecified atom stereocenters. The van der Waals surface area contributed by atoms with Gasteiger partial charge in [-0.05, 0) is 66.6 Å². The SMILES string of the molecule is CC(C)CCCC(C)CCCC(C)CCCC(C)CCC(CCC(C)CCCC(C)CCCC(C)CCCC(C)C)C1OCC(CCO)O1. The first-order valence-corrected chi connectivity index (χ1v) is 22.3. The van der Waals surface area contributed by atoms with Crippen molar-refractivity contribution in [1.82, 2.24) is 0 Å². The standard InChI is InChI=1S/C46H92O3/c1-36(2)17-11-19-38(5)21-13-23-40(7)25-15-27-42(9)29-31-44(46-48-35-45(49-46)33-34-47)32-30-43(10)28-16-26-41(8)24-14-22-39(6)20-12-18-37(3)4/h36-47H,11-35H2,1-10H3. The van der Waals surface area contributed by atoms with Gasteiger partial charge >= 0.3 is 0 Å². The largest absolute Gasteiger partial charge is 0.396 e. The van der Waals surface area contributed by atoms with Crippen molar-refractivity contribution < 1.29 is 14.6 Å². The summed E-state index contributed by atoms with van der Waals surface area (Å²) in [5, 5.41) is 9.45. The summed E-state index contributed by atoms with van der Waals surface area (Å²) in [6, 6.07) is 0. The zero-order valence-electron chi connectivity index (χ0n) is 35.3. The Morgan fingerprint density at radius 1 is 0.429 bits per heavy atom. The van der Waals surface area contributed by atoms with Crippen molar-refractivity contribution in [3.63, 3.8) is 0 Å². The molecule has 0 aromatic heterocycles. The summed E-state index contributed by atoms with van der Waals surface area (Å²) in [6.45, 7) is 25.1. The highest BCUT2D eigenvalue weighted by atomic mass is 16.7. The predicted octanol–water partition coefficient (Wildman–Crippen LogP) is 14.4. The van der Waals surface area contributed by atoms with Crippen LogP contribution < -0.4 is 0 Å². The van der Waals surface area contributed by atoms with Crippen LogP contribution in [0.25, 0.3) is 0 Å². The molecule has 1 aliphatic heterocycles. The van der Waals surface area contributed by atoms with Crippen molar-refractivity contribution in [1.29, 1.82) is 0 Å². The van der Waals surface area contributed by atoms with Crippen LogP contribution in [0, 0.1) is 53.3 Å². The lowest BCUT2D eigenvalue weighted by Crippen LogP contribution is -2.24. The Balaban J connectivity index is 2.33. The Morgan fingerprint density at radius 3 is 1.04 bits per heavy atom. The van der Waals surface area contributed by atoms with Gasteiger partial charge in [-0.25, -0.2) is 0 Å². The average molecular weight is 693 g/mol. The second kappa shape index (κ2) is 29.3. The summed E-state index contributed by atoms with van der Waals surface area (Å²) in [5.41, 5.74) is 0. The predicted molar refractivity (Wildman–Crippen MR) is 216 cm³/mol. The van der Waals surface area contributed by atoms with Gasteiger partial charge < -0.3 is 14.6 Å². The van der Waals surface area contributed by atoms with Crippen LogP contribution in [0.3, 0.4) is 0 Å². The molecule has 0 aromatic carbocycles. The van der Waals surface area contributed by atoms with Crippen molar-refractivity contribution in [2.24, 2.45) is 53.3 Å². The Bertz CT molecular complexity index is 673. The quantitative estimate of drug-likeness (QED) is 0.0744. The molecule has 1 heterocycles. The Labute approximate surface area is 309 Å². The van der Waals surface area contributed by atoms with E-state index in [1.807, 2.05) is 0 Å². The van der Waals surface area contributed by atoms with Crippen LogP contribution in [0.5, 0.6) is 0 Å². The van der Waals surface area contributed by atoms with Gasteiger partial charge in [0.2, 0.25) is 0 Å². The van der Waals surface area contributed by atoms with Gasteiger partial charge in [0.05, 0.1) is 12.7 Å². The monoisotopic (exact) mass is 693 g/mol. The van der Waals surface area contributed by atoms with Gasteiger partial charge in [0.25, 0.3) is 0 Å². The zero-order chi connectivity index (χ0) is 36.4. The van der Waals surface area contributed by atoms with Gasteiger partial charge in [0, 0.05) is 12.5 Å². The smallest absolute Gasteiger partial charge is 0.160 e. The number of ether oxygens (including phenoxy) is 2. The molecule has 0 aromatic rings. The van der Waals surface area contributed by atoms with E-state index in [1.165, 1.54) is 141 Å². The van der Waals surface area contributed by atoms with Crippen LogP contribution in [0.4, 0.5) is 0 Å². The fraction of sp³-hybridized carbons (Fsp3) is 1.00. The highest BCUT2D eigenvalue weighted by molar-refractivity contribution is 4.75. The molecule has 0 spiro atoms. The van der Waals surface area contributed by atoms with Crippen LogP contribution in [-0.2, 0) is 9.47 Å². The van der Waals surface area contributed by atoms with Crippen molar-refractivity contribution in [3.05, 3.63) is 0 Å². The minimum Gasteiger partial charge on any atom is -0.396 e. The van der Waals surface area contributed by atoms with E-state index in [4.69, 9.17) is 9.47 Å². The summed E-state index contributed by atoms with van der Waals surface area (Å²) in [7, 11) is 0. The fourth-order valence-electron chi connectivity index (χ4n) is 8.30. The number of hydrogen-bond donors (Lipinski definition) is 1. The van der Waals surface area contributed by atoms with Crippen LogP contribution in [0.15, 0.2) is 0 Å². The van der Waals surface area contributed by atoms with E-state index in [2.05, 4.69) is 69.2 Å². The molecule has 1 fully saturated rings. The zero-order valence-corrected chi connectivity index (χ0v) is 35.3. The highest BCUT2D eigenvalue weighted by Crippen LogP contribution is 2.32. The normalized spacial score (nSPS) is 21.2. The molecule has 0 bridgehead atoms. The highest BCUT2D eigenvalue weighted by Gasteiger charge is 2.32. The molecule has 0 radical (unpaired) electrons. The molecule has 3 nitrogen and oxygen atoms in total. The maximum atomic E-state index is 9.45. The molecule has 1 saturated heterocycles. The topological polar surface area (TPSA) is 38.7 Å². The molecule has 294 valence electrons.